The number of carbonyl (C=O) groups excluding carboxylic acids is 2. The van der Waals surface area contributed by atoms with Crippen LogP contribution in [0.15, 0.2) is 29.5 Å². The van der Waals surface area contributed by atoms with Gasteiger partial charge >= 0.3 is 11.9 Å². The fourth-order valence-electron chi connectivity index (χ4n) is 3.06. The van der Waals surface area contributed by atoms with Crippen molar-refractivity contribution < 1.29 is 23.8 Å². The van der Waals surface area contributed by atoms with Gasteiger partial charge in [0.15, 0.2) is 0 Å². The normalized spacial score (nSPS) is 14.3. The zero-order chi connectivity index (χ0) is 19.3. The van der Waals surface area contributed by atoms with E-state index in [-0.39, 0.29) is 24.6 Å². The van der Waals surface area contributed by atoms with Gasteiger partial charge in [-0.3, -0.25) is 0 Å². The highest BCUT2D eigenvalue weighted by atomic mass is 16.5. The monoisotopic (exact) mass is 362 g/mol. The number of methoxy groups -OCH3 is 2. The first-order chi connectivity index (χ1) is 12.5. The lowest BCUT2D eigenvalue weighted by atomic mass is 10.1. The lowest BCUT2D eigenvalue weighted by molar-refractivity contribution is -0.140. The molecular weight excluding hydrogens is 336 g/mol. The van der Waals surface area contributed by atoms with Gasteiger partial charge in [0.05, 0.1) is 26.4 Å². The molecule has 1 heterocycles. The predicted molar refractivity (Wildman–Crippen MR) is 99.1 cm³/mol. The molecule has 0 aliphatic carbocycles. The first-order valence-corrected chi connectivity index (χ1v) is 8.59. The summed E-state index contributed by atoms with van der Waals surface area (Å²) in [6, 6.07) is 5.98. The van der Waals surface area contributed by atoms with Crippen molar-refractivity contribution in [3.05, 3.63) is 35.0 Å². The maximum atomic E-state index is 12.4. The SMILES string of the molecule is CCN(CC)c1ccc(N2COCC(C(=O)OC)=C2C(=O)OC)c(C)c1. The van der Waals surface area contributed by atoms with E-state index in [9.17, 15) is 9.59 Å². The zero-order valence-electron chi connectivity index (χ0n) is 16.0. The van der Waals surface area contributed by atoms with Crippen LogP contribution in [0.25, 0.3) is 0 Å². The summed E-state index contributed by atoms with van der Waals surface area (Å²) in [5.41, 5.74) is 3.15. The van der Waals surface area contributed by atoms with E-state index >= 15 is 0 Å². The number of rotatable bonds is 6. The molecule has 142 valence electrons. The number of ether oxygens (including phenoxy) is 3. The van der Waals surface area contributed by atoms with Gasteiger partial charge in [0.1, 0.15) is 12.4 Å². The van der Waals surface area contributed by atoms with E-state index in [1.165, 1.54) is 14.2 Å². The van der Waals surface area contributed by atoms with E-state index in [0.29, 0.717) is 0 Å². The second kappa shape index (κ2) is 8.71. The molecule has 0 atom stereocenters. The Labute approximate surface area is 154 Å². The zero-order valence-corrected chi connectivity index (χ0v) is 16.0. The van der Waals surface area contributed by atoms with Crippen molar-refractivity contribution >= 4 is 23.3 Å². The second-order valence-electron chi connectivity index (χ2n) is 5.86. The summed E-state index contributed by atoms with van der Waals surface area (Å²) < 4.78 is 15.2. The van der Waals surface area contributed by atoms with Gasteiger partial charge in [-0.1, -0.05) is 0 Å². The Bertz CT molecular complexity index is 710. The van der Waals surface area contributed by atoms with Crippen molar-refractivity contribution in [2.45, 2.75) is 20.8 Å². The van der Waals surface area contributed by atoms with Crippen LogP contribution in [0.1, 0.15) is 19.4 Å². The quantitative estimate of drug-likeness (QED) is 0.719. The number of hydrogen-bond donors (Lipinski definition) is 0. The smallest absolute Gasteiger partial charge is 0.355 e. The molecule has 7 nitrogen and oxygen atoms in total. The van der Waals surface area contributed by atoms with Gasteiger partial charge in [-0.05, 0) is 44.5 Å². The summed E-state index contributed by atoms with van der Waals surface area (Å²) in [7, 11) is 2.56. The van der Waals surface area contributed by atoms with E-state index in [1.807, 2.05) is 19.1 Å². The summed E-state index contributed by atoms with van der Waals surface area (Å²) in [6.45, 7) is 8.13. The molecule has 1 aromatic rings. The van der Waals surface area contributed by atoms with Gasteiger partial charge in [-0.15, -0.1) is 0 Å². The van der Waals surface area contributed by atoms with Crippen LogP contribution in [0.3, 0.4) is 0 Å². The molecule has 0 unspecified atom stereocenters. The number of carbonyl (C=O) groups is 2. The highest BCUT2D eigenvalue weighted by molar-refractivity contribution is 6.03. The molecule has 0 spiro atoms. The first kappa shape index (κ1) is 19.8. The van der Waals surface area contributed by atoms with Gasteiger partial charge in [-0.25, -0.2) is 9.59 Å². The Hall–Kier alpha value is -2.54. The van der Waals surface area contributed by atoms with Gasteiger partial charge in [0, 0.05) is 24.5 Å². The molecule has 0 amide bonds. The number of nitrogens with zero attached hydrogens (tertiary/aromatic N) is 2. The van der Waals surface area contributed by atoms with Crippen molar-refractivity contribution in [2.75, 3.05) is 50.4 Å². The second-order valence-corrected chi connectivity index (χ2v) is 5.86. The van der Waals surface area contributed by atoms with Crippen LogP contribution in [0.4, 0.5) is 11.4 Å². The molecule has 1 aliphatic rings. The maximum Gasteiger partial charge on any atom is 0.355 e. The lowest BCUT2D eigenvalue weighted by Gasteiger charge is -2.33. The minimum Gasteiger partial charge on any atom is -0.466 e. The number of benzene rings is 1. The lowest BCUT2D eigenvalue weighted by Crippen LogP contribution is -2.39. The van der Waals surface area contributed by atoms with Crippen LogP contribution in [0.2, 0.25) is 0 Å². The van der Waals surface area contributed by atoms with Crippen LogP contribution < -0.4 is 9.80 Å². The van der Waals surface area contributed by atoms with Crippen molar-refractivity contribution in [3.8, 4) is 0 Å². The maximum absolute atomic E-state index is 12.4. The Morgan fingerprint density at radius 3 is 2.35 bits per heavy atom. The average molecular weight is 362 g/mol. The van der Waals surface area contributed by atoms with Crippen molar-refractivity contribution in [1.82, 2.24) is 0 Å². The van der Waals surface area contributed by atoms with E-state index in [1.54, 1.807) is 4.90 Å². The molecule has 2 rings (SSSR count). The first-order valence-electron chi connectivity index (χ1n) is 8.59. The van der Waals surface area contributed by atoms with Crippen molar-refractivity contribution in [2.24, 2.45) is 0 Å². The summed E-state index contributed by atoms with van der Waals surface area (Å²) >= 11 is 0. The minimum atomic E-state index is -0.604. The third-order valence-electron chi connectivity index (χ3n) is 4.43. The third kappa shape index (κ3) is 3.83. The number of aryl methyl sites for hydroxylation is 1. The molecule has 0 fully saturated rings. The summed E-state index contributed by atoms with van der Waals surface area (Å²) in [6.07, 6.45) is 0. The Kier molecular flexibility index (Phi) is 6.63. The minimum absolute atomic E-state index is 0.00415. The van der Waals surface area contributed by atoms with Gasteiger partial charge in [-0.2, -0.15) is 0 Å². The number of anilines is 2. The Morgan fingerprint density at radius 1 is 1.15 bits per heavy atom. The highest BCUT2D eigenvalue weighted by Gasteiger charge is 2.33. The van der Waals surface area contributed by atoms with E-state index < -0.39 is 11.9 Å². The van der Waals surface area contributed by atoms with E-state index in [0.717, 1.165) is 30.0 Å². The van der Waals surface area contributed by atoms with E-state index in [2.05, 4.69) is 24.8 Å². The van der Waals surface area contributed by atoms with Crippen LogP contribution >= 0.6 is 0 Å². The summed E-state index contributed by atoms with van der Waals surface area (Å²) in [4.78, 5) is 28.3. The van der Waals surface area contributed by atoms with Crippen LogP contribution in [0, 0.1) is 6.92 Å². The van der Waals surface area contributed by atoms with Crippen molar-refractivity contribution in [3.63, 3.8) is 0 Å². The molecule has 0 saturated carbocycles. The standard InChI is InChI=1S/C19H26N2O5/c1-6-20(7-2)14-8-9-16(13(3)10-14)21-12-26-11-15(18(22)24-4)17(21)19(23)25-5/h8-10H,6-7,11-12H2,1-5H3. The fourth-order valence-corrected chi connectivity index (χ4v) is 3.06. The molecule has 0 saturated heterocycles. The topological polar surface area (TPSA) is 68.3 Å². The molecule has 26 heavy (non-hydrogen) atoms. The van der Waals surface area contributed by atoms with Crippen LogP contribution in [-0.2, 0) is 23.8 Å². The summed E-state index contributed by atoms with van der Waals surface area (Å²) in [5, 5.41) is 0. The molecule has 0 bridgehead atoms. The Morgan fingerprint density at radius 2 is 1.81 bits per heavy atom. The molecule has 7 heteroatoms. The number of hydrogen-bond acceptors (Lipinski definition) is 7. The summed E-state index contributed by atoms with van der Waals surface area (Å²) in [5.74, 6) is -1.20. The van der Waals surface area contributed by atoms with Crippen LogP contribution in [-0.4, -0.2) is 52.6 Å². The predicted octanol–water partition coefficient (Wildman–Crippen LogP) is 2.24. The third-order valence-corrected chi connectivity index (χ3v) is 4.43. The average Bonchev–Trinajstić information content (AvgIpc) is 2.67. The molecule has 1 aliphatic heterocycles. The molecular formula is C19H26N2O5. The molecule has 0 N–H and O–H groups in total. The highest BCUT2D eigenvalue weighted by Crippen LogP contribution is 2.31. The van der Waals surface area contributed by atoms with Gasteiger partial charge < -0.3 is 24.0 Å². The molecule has 0 aromatic heterocycles. The van der Waals surface area contributed by atoms with E-state index in [4.69, 9.17) is 14.2 Å². The molecule has 0 radical (unpaired) electrons. The van der Waals surface area contributed by atoms with Gasteiger partial charge in [0.2, 0.25) is 0 Å². The molecule has 1 aromatic carbocycles. The largest absolute Gasteiger partial charge is 0.466 e. The van der Waals surface area contributed by atoms with Crippen molar-refractivity contribution in [1.29, 1.82) is 0 Å². The van der Waals surface area contributed by atoms with Gasteiger partial charge in [0.25, 0.3) is 0 Å². The van der Waals surface area contributed by atoms with Crippen LogP contribution in [0.5, 0.6) is 0 Å². The Balaban J connectivity index is 2.51. The fraction of sp³-hybridized carbons (Fsp3) is 0.474. The number of esters is 2.